The van der Waals surface area contributed by atoms with Crippen molar-refractivity contribution < 1.29 is 9.26 Å². The Balaban J connectivity index is 1.39. The Hall–Kier alpha value is -2.73. The normalized spacial score (nSPS) is 17.7. The van der Waals surface area contributed by atoms with Crippen LogP contribution in [-0.4, -0.2) is 40.2 Å². The topological polar surface area (TPSA) is 64.3 Å². The average Bonchev–Trinajstić information content (AvgIpc) is 3.32. The van der Waals surface area contributed by atoms with Gasteiger partial charge in [-0.25, -0.2) is 0 Å². The van der Waals surface area contributed by atoms with Gasteiger partial charge < -0.3 is 9.26 Å². The van der Waals surface area contributed by atoms with Crippen molar-refractivity contribution in [1.29, 1.82) is 0 Å². The van der Waals surface area contributed by atoms with E-state index in [1.165, 1.54) is 5.56 Å². The molecule has 1 aliphatic rings. The van der Waals surface area contributed by atoms with Gasteiger partial charge in [0.05, 0.1) is 13.0 Å². The Kier molecular flexibility index (Phi) is 4.43. The second-order valence-electron chi connectivity index (χ2n) is 6.26. The van der Waals surface area contributed by atoms with E-state index in [1.807, 2.05) is 24.3 Å². The third-order valence-corrected chi connectivity index (χ3v) is 4.57. The summed E-state index contributed by atoms with van der Waals surface area (Å²) in [5.74, 6) is 2.54. The van der Waals surface area contributed by atoms with E-state index in [-0.39, 0.29) is 0 Å². The van der Waals surface area contributed by atoms with Crippen molar-refractivity contribution in [2.45, 2.75) is 18.9 Å². The van der Waals surface area contributed by atoms with Crippen molar-refractivity contribution in [3.05, 3.63) is 60.2 Å². The minimum Gasteiger partial charge on any atom is -0.497 e. The monoisotopic (exact) mass is 336 g/mol. The molecule has 6 nitrogen and oxygen atoms in total. The third-order valence-electron chi connectivity index (χ3n) is 4.57. The number of rotatable bonds is 5. The second-order valence-corrected chi connectivity index (χ2v) is 6.26. The van der Waals surface area contributed by atoms with Crippen molar-refractivity contribution in [2.75, 3.05) is 20.2 Å². The molecular formula is C19H20N4O2. The van der Waals surface area contributed by atoms with Crippen molar-refractivity contribution in [3.63, 3.8) is 0 Å². The summed E-state index contributed by atoms with van der Waals surface area (Å²) in [7, 11) is 1.69. The first-order valence-electron chi connectivity index (χ1n) is 8.41. The van der Waals surface area contributed by atoms with Gasteiger partial charge in [-0.3, -0.25) is 9.88 Å². The predicted octanol–water partition coefficient (Wildman–Crippen LogP) is 3.13. The van der Waals surface area contributed by atoms with Crippen LogP contribution in [0.4, 0.5) is 0 Å². The van der Waals surface area contributed by atoms with E-state index in [4.69, 9.17) is 9.26 Å². The van der Waals surface area contributed by atoms with Gasteiger partial charge in [0.1, 0.15) is 5.75 Å². The van der Waals surface area contributed by atoms with E-state index >= 15 is 0 Å². The van der Waals surface area contributed by atoms with E-state index in [0.29, 0.717) is 11.7 Å². The molecule has 1 saturated heterocycles. The molecule has 3 heterocycles. The van der Waals surface area contributed by atoms with Crippen LogP contribution >= 0.6 is 0 Å². The second kappa shape index (κ2) is 7.03. The first kappa shape index (κ1) is 15.8. The van der Waals surface area contributed by atoms with Crippen LogP contribution in [0, 0.1) is 0 Å². The fraction of sp³-hybridized carbons (Fsp3) is 0.316. The van der Waals surface area contributed by atoms with Crippen LogP contribution in [0.3, 0.4) is 0 Å². The van der Waals surface area contributed by atoms with Crippen LogP contribution in [0.1, 0.15) is 23.8 Å². The van der Waals surface area contributed by atoms with Gasteiger partial charge in [-0.15, -0.1) is 0 Å². The molecule has 4 rings (SSSR count). The van der Waals surface area contributed by atoms with Gasteiger partial charge in [0.25, 0.3) is 0 Å². The van der Waals surface area contributed by atoms with Crippen LogP contribution in [0.2, 0.25) is 0 Å². The molecule has 0 saturated carbocycles. The maximum Gasteiger partial charge on any atom is 0.231 e. The molecule has 25 heavy (non-hydrogen) atoms. The van der Waals surface area contributed by atoms with Gasteiger partial charge in [-0.2, -0.15) is 4.98 Å². The van der Waals surface area contributed by atoms with Gasteiger partial charge >= 0.3 is 0 Å². The standard InChI is InChI=1S/C19H20N4O2/c1-24-17-4-2-14(3-5-17)12-23-11-8-16(13-23)19-21-18(22-25-19)15-6-9-20-10-7-15/h2-7,9-10,16H,8,11-13H2,1H3. The molecule has 0 N–H and O–H groups in total. The molecule has 1 aromatic carbocycles. The minimum absolute atomic E-state index is 0.293. The fourth-order valence-corrected chi connectivity index (χ4v) is 3.19. The zero-order valence-corrected chi connectivity index (χ0v) is 14.1. The predicted molar refractivity (Wildman–Crippen MR) is 93.2 cm³/mol. The van der Waals surface area contributed by atoms with Gasteiger partial charge in [0.15, 0.2) is 0 Å². The van der Waals surface area contributed by atoms with Crippen molar-refractivity contribution in [1.82, 2.24) is 20.0 Å². The Morgan fingerprint density at radius 3 is 2.72 bits per heavy atom. The Morgan fingerprint density at radius 1 is 1.16 bits per heavy atom. The smallest absolute Gasteiger partial charge is 0.231 e. The Morgan fingerprint density at radius 2 is 1.96 bits per heavy atom. The van der Waals surface area contributed by atoms with Crippen LogP contribution in [0.25, 0.3) is 11.4 Å². The number of likely N-dealkylation sites (tertiary alicyclic amines) is 1. The maximum absolute atomic E-state index is 5.51. The lowest BCUT2D eigenvalue weighted by Gasteiger charge is -2.15. The SMILES string of the molecule is COc1ccc(CN2CCC(c3nc(-c4ccncc4)no3)C2)cc1. The maximum atomic E-state index is 5.51. The summed E-state index contributed by atoms with van der Waals surface area (Å²) in [5.41, 5.74) is 2.21. The Labute approximate surface area is 146 Å². The average molecular weight is 336 g/mol. The molecule has 0 aliphatic carbocycles. The number of pyridine rings is 1. The number of benzene rings is 1. The molecule has 1 atom stereocenters. The van der Waals surface area contributed by atoms with Gasteiger partial charge in [-0.05, 0) is 42.8 Å². The van der Waals surface area contributed by atoms with E-state index < -0.39 is 0 Å². The van der Waals surface area contributed by atoms with E-state index in [1.54, 1.807) is 19.5 Å². The molecule has 3 aromatic rings. The van der Waals surface area contributed by atoms with Crippen molar-refractivity contribution >= 4 is 0 Å². The highest BCUT2D eigenvalue weighted by molar-refractivity contribution is 5.52. The number of hydrogen-bond acceptors (Lipinski definition) is 6. The zero-order valence-electron chi connectivity index (χ0n) is 14.1. The molecule has 0 bridgehead atoms. The van der Waals surface area contributed by atoms with E-state index in [2.05, 4.69) is 32.2 Å². The molecule has 1 aliphatic heterocycles. The lowest BCUT2D eigenvalue weighted by atomic mass is 10.1. The molecular weight excluding hydrogens is 316 g/mol. The molecule has 128 valence electrons. The molecule has 1 fully saturated rings. The third kappa shape index (κ3) is 3.53. The molecule has 6 heteroatoms. The summed E-state index contributed by atoms with van der Waals surface area (Å²) in [4.78, 5) is 11.0. The van der Waals surface area contributed by atoms with Gasteiger partial charge in [0.2, 0.25) is 11.7 Å². The van der Waals surface area contributed by atoms with Crippen LogP contribution in [0.5, 0.6) is 5.75 Å². The summed E-state index contributed by atoms with van der Waals surface area (Å²) in [6.45, 7) is 2.89. The van der Waals surface area contributed by atoms with Crippen molar-refractivity contribution in [3.8, 4) is 17.1 Å². The van der Waals surface area contributed by atoms with Crippen molar-refractivity contribution in [2.24, 2.45) is 0 Å². The lowest BCUT2D eigenvalue weighted by molar-refractivity contribution is 0.309. The summed E-state index contributed by atoms with van der Waals surface area (Å²) in [5, 5.41) is 4.11. The van der Waals surface area contributed by atoms with Crippen LogP contribution in [-0.2, 0) is 6.54 Å². The highest BCUT2D eigenvalue weighted by atomic mass is 16.5. The van der Waals surface area contributed by atoms with Gasteiger partial charge in [0, 0.05) is 31.0 Å². The first-order valence-corrected chi connectivity index (χ1v) is 8.41. The summed E-state index contributed by atoms with van der Waals surface area (Å²) < 4.78 is 10.7. The van der Waals surface area contributed by atoms with Crippen LogP contribution < -0.4 is 4.74 Å². The lowest BCUT2D eigenvalue weighted by Crippen LogP contribution is -2.19. The van der Waals surface area contributed by atoms with E-state index in [0.717, 1.165) is 43.3 Å². The first-order chi connectivity index (χ1) is 12.3. The fourth-order valence-electron chi connectivity index (χ4n) is 3.19. The molecule has 2 aromatic heterocycles. The number of aromatic nitrogens is 3. The molecule has 0 spiro atoms. The number of nitrogens with zero attached hydrogens (tertiary/aromatic N) is 4. The summed E-state index contributed by atoms with van der Waals surface area (Å²) in [6.07, 6.45) is 4.50. The summed E-state index contributed by atoms with van der Waals surface area (Å²) in [6, 6.07) is 12.0. The Bertz CT molecular complexity index is 817. The highest BCUT2D eigenvalue weighted by Gasteiger charge is 2.28. The summed E-state index contributed by atoms with van der Waals surface area (Å²) >= 11 is 0. The number of methoxy groups -OCH3 is 1. The molecule has 0 amide bonds. The highest BCUT2D eigenvalue weighted by Crippen LogP contribution is 2.28. The number of ether oxygens (including phenoxy) is 1. The van der Waals surface area contributed by atoms with Crippen LogP contribution in [0.15, 0.2) is 53.3 Å². The van der Waals surface area contributed by atoms with E-state index in [9.17, 15) is 0 Å². The van der Waals surface area contributed by atoms with Gasteiger partial charge in [-0.1, -0.05) is 17.3 Å². The quantitative estimate of drug-likeness (QED) is 0.713. The zero-order chi connectivity index (χ0) is 17.1. The molecule has 0 radical (unpaired) electrons. The largest absolute Gasteiger partial charge is 0.497 e. The minimum atomic E-state index is 0.293. The number of hydrogen-bond donors (Lipinski definition) is 0. The molecule has 1 unspecified atom stereocenters.